The van der Waals surface area contributed by atoms with E-state index in [0.29, 0.717) is 24.6 Å². The Morgan fingerprint density at radius 2 is 1.93 bits per heavy atom. The van der Waals surface area contributed by atoms with E-state index in [2.05, 4.69) is 28.5 Å². The lowest BCUT2D eigenvalue weighted by atomic mass is 10.0. The van der Waals surface area contributed by atoms with E-state index in [1.807, 2.05) is 12.1 Å². The van der Waals surface area contributed by atoms with Crippen LogP contribution in [-0.2, 0) is 22.7 Å². The van der Waals surface area contributed by atoms with E-state index in [4.69, 9.17) is 0 Å². The summed E-state index contributed by atoms with van der Waals surface area (Å²) in [6.45, 7) is 6.66. The van der Waals surface area contributed by atoms with Crippen molar-refractivity contribution in [3.8, 4) is 0 Å². The van der Waals surface area contributed by atoms with Crippen LogP contribution in [0.2, 0.25) is 0 Å². The normalized spacial score (nSPS) is 23.8. The molecule has 0 saturated carbocycles. The fourth-order valence-corrected chi connectivity index (χ4v) is 4.57. The van der Waals surface area contributed by atoms with E-state index in [0.717, 1.165) is 31.7 Å². The van der Waals surface area contributed by atoms with Gasteiger partial charge < -0.3 is 10.2 Å². The standard InChI is InChI=1S/C21H28N4O3/c1-2-22-16-7-9-24(10-8-16)12-14-3-4-17-15(11-14)13-25(21(17)28)18-5-6-19(26)23-20(18)27/h3-4,11,16,18,22H,2,5-10,12-13H2,1H3,(H,23,26,27). The van der Waals surface area contributed by atoms with Crippen LogP contribution in [0.15, 0.2) is 18.2 Å². The van der Waals surface area contributed by atoms with Crippen molar-refractivity contribution < 1.29 is 14.4 Å². The summed E-state index contributed by atoms with van der Waals surface area (Å²) in [5.74, 6) is -0.728. The predicted molar refractivity (Wildman–Crippen MR) is 104 cm³/mol. The highest BCUT2D eigenvalue weighted by atomic mass is 16.2. The molecule has 1 aromatic carbocycles. The molecule has 2 fully saturated rings. The van der Waals surface area contributed by atoms with Crippen LogP contribution in [0.4, 0.5) is 0 Å². The molecule has 3 aliphatic heterocycles. The van der Waals surface area contributed by atoms with E-state index < -0.39 is 6.04 Å². The number of fused-ring (bicyclic) bond motifs is 1. The summed E-state index contributed by atoms with van der Waals surface area (Å²) in [6.07, 6.45) is 3.02. The first-order valence-corrected chi connectivity index (χ1v) is 10.3. The number of nitrogens with zero attached hydrogens (tertiary/aromatic N) is 2. The molecule has 0 bridgehead atoms. The van der Waals surface area contributed by atoms with Gasteiger partial charge in [-0.15, -0.1) is 0 Å². The Kier molecular flexibility index (Phi) is 5.46. The number of piperidine rings is 2. The number of carbonyl (C=O) groups excluding carboxylic acids is 3. The summed E-state index contributed by atoms with van der Waals surface area (Å²) in [5.41, 5.74) is 2.87. The first-order valence-electron chi connectivity index (χ1n) is 10.3. The van der Waals surface area contributed by atoms with Crippen molar-refractivity contribution in [3.05, 3.63) is 34.9 Å². The third kappa shape index (κ3) is 3.82. The molecular formula is C21H28N4O3. The number of rotatable bonds is 5. The second-order valence-corrected chi connectivity index (χ2v) is 8.00. The number of carbonyl (C=O) groups is 3. The van der Waals surface area contributed by atoms with Gasteiger partial charge in [0.25, 0.3) is 5.91 Å². The first kappa shape index (κ1) is 19.1. The molecule has 1 aromatic rings. The average Bonchev–Trinajstić information content (AvgIpc) is 2.99. The number of likely N-dealkylation sites (tertiary alicyclic amines) is 1. The molecule has 2 saturated heterocycles. The Morgan fingerprint density at radius 1 is 1.14 bits per heavy atom. The van der Waals surface area contributed by atoms with E-state index >= 15 is 0 Å². The Balaban J connectivity index is 1.40. The molecule has 28 heavy (non-hydrogen) atoms. The lowest BCUT2D eigenvalue weighted by molar-refractivity contribution is -0.136. The quantitative estimate of drug-likeness (QED) is 0.741. The van der Waals surface area contributed by atoms with Gasteiger partial charge in [0.1, 0.15) is 6.04 Å². The number of nitrogens with one attached hydrogen (secondary N) is 2. The summed E-state index contributed by atoms with van der Waals surface area (Å²) in [7, 11) is 0. The molecule has 7 heteroatoms. The summed E-state index contributed by atoms with van der Waals surface area (Å²) >= 11 is 0. The first-order chi connectivity index (χ1) is 13.5. The third-order valence-electron chi connectivity index (χ3n) is 6.07. The van der Waals surface area contributed by atoms with Crippen LogP contribution in [0.5, 0.6) is 0 Å². The topological polar surface area (TPSA) is 81.8 Å². The molecule has 4 rings (SSSR count). The van der Waals surface area contributed by atoms with Gasteiger partial charge >= 0.3 is 0 Å². The zero-order valence-electron chi connectivity index (χ0n) is 16.4. The Hall–Kier alpha value is -2.25. The van der Waals surface area contributed by atoms with Gasteiger partial charge in [0.15, 0.2) is 0 Å². The fourth-order valence-electron chi connectivity index (χ4n) is 4.57. The highest BCUT2D eigenvalue weighted by molar-refractivity contribution is 6.05. The van der Waals surface area contributed by atoms with Crippen molar-refractivity contribution in [2.75, 3.05) is 19.6 Å². The number of hydrogen-bond acceptors (Lipinski definition) is 5. The summed E-state index contributed by atoms with van der Waals surface area (Å²) in [6, 6.07) is 6.10. The van der Waals surface area contributed by atoms with Gasteiger partial charge in [-0.25, -0.2) is 0 Å². The maximum Gasteiger partial charge on any atom is 0.255 e. The minimum atomic E-state index is -0.550. The zero-order valence-corrected chi connectivity index (χ0v) is 16.4. The second kappa shape index (κ2) is 8.01. The molecule has 0 spiro atoms. The highest BCUT2D eigenvalue weighted by Crippen LogP contribution is 2.28. The number of hydrogen-bond donors (Lipinski definition) is 2. The van der Waals surface area contributed by atoms with Crippen LogP contribution in [0.25, 0.3) is 0 Å². The van der Waals surface area contributed by atoms with E-state index in [1.165, 1.54) is 18.4 Å². The zero-order chi connectivity index (χ0) is 19.7. The van der Waals surface area contributed by atoms with Crippen LogP contribution in [0.1, 0.15) is 54.1 Å². The molecule has 3 amide bonds. The Morgan fingerprint density at radius 3 is 2.64 bits per heavy atom. The maximum absolute atomic E-state index is 12.8. The smallest absolute Gasteiger partial charge is 0.255 e. The largest absolute Gasteiger partial charge is 0.322 e. The highest BCUT2D eigenvalue weighted by Gasteiger charge is 2.39. The molecule has 3 heterocycles. The molecule has 0 aromatic heterocycles. The fraction of sp³-hybridized carbons (Fsp3) is 0.571. The second-order valence-electron chi connectivity index (χ2n) is 8.00. The average molecular weight is 384 g/mol. The van der Waals surface area contributed by atoms with Gasteiger partial charge in [-0.05, 0) is 56.1 Å². The minimum absolute atomic E-state index is 0.109. The Labute approximate surface area is 165 Å². The lowest BCUT2D eigenvalue weighted by Gasteiger charge is -2.32. The van der Waals surface area contributed by atoms with E-state index in [-0.39, 0.29) is 24.1 Å². The molecule has 2 N–H and O–H groups in total. The lowest BCUT2D eigenvalue weighted by Crippen LogP contribution is -2.52. The van der Waals surface area contributed by atoms with Crippen molar-refractivity contribution in [2.45, 2.75) is 57.8 Å². The third-order valence-corrected chi connectivity index (χ3v) is 6.07. The summed E-state index contributed by atoms with van der Waals surface area (Å²) in [5, 5.41) is 5.87. The van der Waals surface area contributed by atoms with Crippen molar-refractivity contribution in [1.29, 1.82) is 0 Å². The van der Waals surface area contributed by atoms with Crippen molar-refractivity contribution in [1.82, 2.24) is 20.4 Å². The van der Waals surface area contributed by atoms with Crippen LogP contribution in [-0.4, -0.2) is 59.2 Å². The molecule has 3 aliphatic rings. The number of imide groups is 1. The van der Waals surface area contributed by atoms with Crippen molar-refractivity contribution >= 4 is 17.7 Å². The van der Waals surface area contributed by atoms with Gasteiger partial charge in [-0.3, -0.25) is 24.6 Å². The van der Waals surface area contributed by atoms with Gasteiger partial charge in [0.2, 0.25) is 11.8 Å². The monoisotopic (exact) mass is 384 g/mol. The summed E-state index contributed by atoms with van der Waals surface area (Å²) in [4.78, 5) is 40.4. The van der Waals surface area contributed by atoms with Gasteiger partial charge in [0.05, 0.1) is 0 Å². The molecule has 1 unspecified atom stereocenters. The predicted octanol–water partition coefficient (Wildman–Crippen LogP) is 1.02. The van der Waals surface area contributed by atoms with Gasteiger partial charge in [-0.2, -0.15) is 0 Å². The molecule has 0 radical (unpaired) electrons. The van der Waals surface area contributed by atoms with Crippen LogP contribution in [0, 0.1) is 0 Å². The molecular weight excluding hydrogens is 356 g/mol. The SMILES string of the molecule is CCNC1CCN(Cc2ccc3c(c2)CN(C2CCC(=O)NC2=O)C3=O)CC1. The molecule has 7 nitrogen and oxygen atoms in total. The minimum Gasteiger partial charge on any atom is -0.322 e. The van der Waals surface area contributed by atoms with Crippen LogP contribution < -0.4 is 10.6 Å². The van der Waals surface area contributed by atoms with E-state index in [9.17, 15) is 14.4 Å². The molecule has 0 aliphatic carbocycles. The maximum atomic E-state index is 12.8. The van der Waals surface area contributed by atoms with Crippen molar-refractivity contribution in [2.24, 2.45) is 0 Å². The number of benzene rings is 1. The summed E-state index contributed by atoms with van der Waals surface area (Å²) < 4.78 is 0. The molecule has 150 valence electrons. The number of amides is 3. The molecule has 1 atom stereocenters. The van der Waals surface area contributed by atoms with Crippen molar-refractivity contribution in [3.63, 3.8) is 0 Å². The van der Waals surface area contributed by atoms with Crippen LogP contribution in [0.3, 0.4) is 0 Å². The van der Waals surface area contributed by atoms with Gasteiger partial charge in [-0.1, -0.05) is 19.1 Å². The van der Waals surface area contributed by atoms with Gasteiger partial charge in [0, 0.05) is 31.1 Å². The van der Waals surface area contributed by atoms with Crippen LogP contribution >= 0.6 is 0 Å². The van der Waals surface area contributed by atoms with E-state index in [1.54, 1.807) is 4.90 Å². The Bertz CT molecular complexity index is 786.